The zero-order valence-corrected chi connectivity index (χ0v) is 14.4. The van der Waals surface area contributed by atoms with Gasteiger partial charge in [0.2, 0.25) is 0 Å². The number of anilines is 1. The molecule has 5 heteroatoms. The molecule has 0 atom stereocenters. The van der Waals surface area contributed by atoms with Gasteiger partial charge in [0.05, 0.1) is 16.6 Å². The van der Waals surface area contributed by atoms with E-state index in [9.17, 15) is 0 Å². The molecule has 2 aliphatic rings. The molecule has 0 amide bonds. The third-order valence-electron chi connectivity index (χ3n) is 5.14. The van der Waals surface area contributed by atoms with Crippen LogP contribution in [0.2, 0.25) is 0 Å². The Bertz CT molecular complexity index is 681. The number of hydrogen-bond acceptors (Lipinski definition) is 5. The van der Waals surface area contributed by atoms with Crippen LogP contribution in [0.1, 0.15) is 37.8 Å². The van der Waals surface area contributed by atoms with Gasteiger partial charge in [-0.2, -0.15) is 0 Å². The van der Waals surface area contributed by atoms with Crippen molar-refractivity contribution in [1.82, 2.24) is 14.9 Å². The third kappa shape index (κ3) is 3.12. The highest BCUT2D eigenvalue weighted by atomic mass is 32.1. The van der Waals surface area contributed by atoms with Crippen molar-refractivity contribution in [3.63, 3.8) is 0 Å². The van der Waals surface area contributed by atoms with Crippen molar-refractivity contribution >= 4 is 32.8 Å². The second kappa shape index (κ2) is 6.57. The summed E-state index contributed by atoms with van der Waals surface area (Å²) in [5.41, 5.74) is 1.94. The van der Waals surface area contributed by atoms with E-state index < -0.39 is 0 Å². The lowest BCUT2D eigenvalue weighted by molar-refractivity contribution is 0.141. The Kier molecular flexibility index (Phi) is 4.31. The van der Waals surface area contributed by atoms with Gasteiger partial charge in [-0.15, -0.1) is 0 Å². The standard InChI is InChI=1S/C18H24N4S/c1-2-14-12-17-16(13-19-14)20-18(23-17)22-10-6-15(7-11-22)21-8-4-3-5-9-21/h2,12-13,15H,1,3-11H2. The molecule has 0 spiro atoms. The molecule has 0 radical (unpaired) electrons. The molecule has 4 heterocycles. The molecular formula is C18H24N4S. The van der Waals surface area contributed by atoms with Crippen LogP contribution in [0, 0.1) is 0 Å². The molecule has 2 aliphatic heterocycles. The van der Waals surface area contributed by atoms with Crippen molar-refractivity contribution in [3.05, 3.63) is 24.5 Å². The van der Waals surface area contributed by atoms with Crippen molar-refractivity contribution in [2.24, 2.45) is 0 Å². The SMILES string of the molecule is C=Cc1cc2sc(N3CCC(N4CCCCC4)CC3)nc2cn1. The molecule has 0 aromatic carbocycles. The number of aromatic nitrogens is 2. The smallest absolute Gasteiger partial charge is 0.186 e. The summed E-state index contributed by atoms with van der Waals surface area (Å²) in [5, 5.41) is 1.15. The van der Waals surface area contributed by atoms with Gasteiger partial charge in [-0.1, -0.05) is 24.3 Å². The first-order chi connectivity index (χ1) is 11.3. The van der Waals surface area contributed by atoms with Crippen molar-refractivity contribution in [2.45, 2.75) is 38.1 Å². The highest BCUT2D eigenvalue weighted by Crippen LogP contribution is 2.31. The molecule has 122 valence electrons. The summed E-state index contributed by atoms with van der Waals surface area (Å²) in [6.45, 7) is 8.66. The maximum atomic E-state index is 4.78. The Labute approximate surface area is 141 Å². The van der Waals surface area contributed by atoms with E-state index in [-0.39, 0.29) is 0 Å². The average molecular weight is 328 g/mol. The molecule has 4 rings (SSSR count). The molecule has 0 bridgehead atoms. The Morgan fingerprint density at radius 2 is 1.91 bits per heavy atom. The van der Waals surface area contributed by atoms with E-state index in [1.165, 1.54) is 49.9 Å². The zero-order valence-electron chi connectivity index (χ0n) is 13.6. The fraction of sp³-hybridized carbons (Fsp3) is 0.556. The van der Waals surface area contributed by atoms with Crippen molar-refractivity contribution in [1.29, 1.82) is 0 Å². The van der Waals surface area contributed by atoms with Gasteiger partial charge in [-0.25, -0.2) is 4.98 Å². The Balaban J connectivity index is 1.44. The van der Waals surface area contributed by atoms with E-state index in [1.54, 1.807) is 17.4 Å². The van der Waals surface area contributed by atoms with E-state index in [4.69, 9.17) is 4.98 Å². The van der Waals surface area contributed by atoms with E-state index in [0.717, 1.165) is 35.5 Å². The molecule has 2 aromatic rings. The maximum Gasteiger partial charge on any atom is 0.186 e. The summed E-state index contributed by atoms with van der Waals surface area (Å²) in [7, 11) is 0. The quantitative estimate of drug-likeness (QED) is 0.858. The monoisotopic (exact) mass is 328 g/mol. The Morgan fingerprint density at radius 3 is 2.65 bits per heavy atom. The number of thiazole rings is 1. The predicted octanol–water partition coefficient (Wildman–Crippen LogP) is 3.79. The van der Waals surface area contributed by atoms with Crippen LogP contribution < -0.4 is 4.90 Å². The van der Waals surface area contributed by atoms with Crippen molar-refractivity contribution < 1.29 is 0 Å². The van der Waals surface area contributed by atoms with Gasteiger partial charge in [-0.05, 0) is 50.9 Å². The number of fused-ring (bicyclic) bond motifs is 1. The predicted molar refractivity (Wildman–Crippen MR) is 98.2 cm³/mol. The van der Waals surface area contributed by atoms with Crippen LogP contribution >= 0.6 is 11.3 Å². The number of rotatable bonds is 3. The summed E-state index contributed by atoms with van der Waals surface area (Å²) < 4.78 is 1.21. The summed E-state index contributed by atoms with van der Waals surface area (Å²) in [5.74, 6) is 0. The number of pyridine rings is 1. The van der Waals surface area contributed by atoms with Crippen LogP contribution in [0.15, 0.2) is 18.8 Å². The van der Waals surface area contributed by atoms with Crippen LogP contribution in [0.4, 0.5) is 5.13 Å². The maximum absolute atomic E-state index is 4.78. The number of nitrogens with zero attached hydrogens (tertiary/aromatic N) is 4. The zero-order chi connectivity index (χ0) is 15.6. The second-order valence-electron chi connectivity index (χ2n) is 6.59. The highest BCUT2D eigenvalue weighted by Gasteiger charge is 2.26. The summed E-state index contributed by atoms with van der Waals surface area (Å²) in [6, 6.07) is 2.87. The highest BCUT2D eigenvalue weighted by molar-refractivity contribution is 7.22. The summed E-state index contributed by atoms with van der Waals surface area (Å²) in [6.07, 6.45) is 10.4. The first-order valence-corrected chi connectivity index (χ1v) is 9.53. The lowest BCUT2D eigenvalue weighted by atomic mass is 10.0. The fourth-order valence-corrected chi connectivity index (χ4v) is 4.82. The number of piperidine rings is 2. The van der Waals surface area contributed by atoms with Crippen LogP contribution in [0.3, 0.4) is 0 Å². The molecule has 0 N–H and O–H groups in total. The van der Waals surface area contributed by atoms with Crippen LogP contribution in [-0.4, -0.2) is 47.1 Å². The second-order valence-corrected chi connectivity index (χ2v) is 7.60. The molecular weight excluding hydrogens is 304 g/mol. The van der Waals surface area contributed by atoms with Gasteiger partial charge >= 0.3 is 0 Å². The molecule has 0 unspecified atom stereocenters. The number of hydrogen-bond donors (Lipinski definition) is 0. The normalized spacial score (nSPS) is 21.0. The molecule has 4 nitrogen and oxygen atoms in total. The molecule has 23 heavy (non-hydrogen) atoms. The van der Waals surface area contributed by atoms with Gasteiger partial charge < -0.3 is 9.80 Å². The third-order valence-corrected chi connectivity index (χ3v) is 6.21. The molecule has 2 aromatic heterocycles. The minimum absolute atomic E-state index is 0.787. The average Bonchev–Trinajstić information content (AvgIpc) is 3.05. The van der Waals surface area contributed by atoms with Gasteiger partial charge in [0.1, 0.15) is 5.52 Å². The molecule has 2 fully saturated rings. The Morgan fingerprint density at radius 1 is 1.13 bits per heavy atom. The van der Waals surface area contributed by atoms with Crippen LogP contribution in [0.5, 0.6) is 0 Å². The number of likely N-dealkylation sites (tertiary alicyclic amines) is 1. The van der Waals surface area contributed by atoms with Crippen LogP contribution in [0.25, 0.3) is 16.3 Å². The van der Waals surface area contributed by atoms with Crippen molar-refractivity contribution in [2.75, 3.05) is 31.1 Å². The van der Waals surface area contributed by atoms with E-state index >= 15 is 0 Å². The van der Waals surface area contributed by atoms with Gasteiger partial charge in [-0.3, -0.25) is 4.98 Å². The van der Waals surface area contributed by atoms with E-state index in [2.05, 4.69) is 27.4 Å². The van der Waals surface area contributed by atoms with Gasteiger partial charge in [0, 0.05) is 19.1 Å². The minimum atomic E-state index is 0.787. The first-order valence-electron chi connectivity index (χ1n) is 8.71. The van der Waals surface area contributed by atoms with E-state index in [1.807, 2.05) is 6.20 Å². The van der Waals surface area contributed by atoms with Crippen molar-refractivity contribution in [3.8, 4) is 0 Å². The van der Waals surface area contributed by atoms with Crippen LogP contribution in [-0.2, 0) is 0 Å². The first kappa shape index (κ1) is 15.1. The summed E-state index contributed by atoms with van der Waals surface area (Å²) in [4.78, 5) is 14.3. The molecule has 0 saturated carbocycles. The minimum Gasteiger partial charge on any atom is -0.348 e. The molecule has 2 saturated heterocycles. The summed E-state index contributed by atoms with van der Waals surface area (Å²) >= 11 is 1.78. The molecule has 0 aliphatic carbocycles. The fourth-order valence-electron chi connectivity index (χ4n) is 3.79. The van der Waals surface area contributed by atoms with Gasteiger partial charge in [0.25, 0.3) is 0 Å². The largest absolute Gasteiger partial charge is 0.348 e. The Hall–Kier alpha value is -1.46. The van der Waals surface area contributed by atoms with E-state index in [0.29, 0.717) is 0 Å². The van der Waals surface area contributed by atoms with Gasteiger partial charge in [0.15, 0.2) is 5.13 Å². The lowest BCUT2D eigenvalue weighted by Gasteiger charge is -2.40. The lowest BCUT2D eigenvalue weighted by Crippen LogP contribution is -2.46. The topological polar surface area (TPSA) is 32.3 Å².